The molecule has 0 fully saturated rings. The number of primary amides is 1. The van der Waals surface area contributed by atoms with Crippen LogP contribution in [0.3, 0.4) is 0 Å². The van der Waals surface area contributed by atoms with Crippen LogP contribution in [0.4, 0.5) is 0 Å². The van der Waals surface area contributed by atoms with Gasteiger partial charge < -0.3 is 10.5 Å². The molecule has 0 unspecified atom stereocenters. The number of carbonyl (C=O) groups excluding carboxylic acids is 2. The fourth-order valence-corrected chi connectivity index (χ4v) is 0. The van der Waals surface area contributed by atoms with Gasteiger partial charge in [-0.2, -0.15) is 0 Å². The van der Waals surface area contributed by atoms with Crippen molar-refractivity contribution in [3.05, 3.63) is 0 Å². The van der Waals surface area contributed by atoms with E-state index in [1.807, 2.05) is 0 Å². The van der Waals surface area contributed by atoms with Gasteiger partial charge in [0.25, 0.3) is 0 Å². The van der Waals surface area contributed by atoms with Crippen molar-refractivity contribution < 1.29 is 9.59 Å². The summed E-state index contributed by atoms with van der Waals surface area (Å²) in [4.78, 5) is 18.0. The van der Waals surface area contributed by atoms with Crippen LogP contribution >= 0.6 is 0 Å². The van der Waals surface area contributed by atoms with Gasteiger partial charge in [-0.05, 0) is 6.92 Å². The summed E-state index contributed by atoms with van der Waals surface area (Å²) in [5.74, 6) is -0.333. The molecular formula is C4H9NO2. The first-order chi connectivity index (χ1) is 3.15. The number of aldehydes is 1. The molecule has 0 aliphatic carbocycles. The van der Waals surface area contributed by atoms with Crippen LogP contribution in [0.2, 0.25) is 0 Å². The molecule has 3 heteroatoms. The summed E-state index contributed by atoms with van der Waals surface area (Å²) in [5, 5.41) is 0. The Balaban J connectivity index is 0. The minimum atomic E-state index is -0.333. The predicted octanol–water partition coefficient (Wildman–Crippen LogP) is -0.303. The van der Waals surface area contributed by atoms with Gasteiger partial charge in [-0.3, -0.25) is 4.79 Å². The number of amides is 1. The lowest BCUT2D eigenvalue weighted by atomic mass is 10.8. The maximum atomic E-state index is 9.22. The highest BCUT2D eigenvalue weighted by molar-refractivity contribution is 5.70. The molecule has 7 heavy (non-hydrogen) atoms. The molecule has 0 radical (unpaired) electrons. The monoisotopic (exact) mass is 103 g/mol. The first-order valence-electron chi connectivity index (χ1n) is 1.81. The molecule has 0 heterocycles. The van der Waals surface area contributed by atoms with Crippen molar-refractivity contribution in [2.45, 2.75) is 13.8 Å². The molecule has 0 rings (SSSR count). The zero-order chi connectivity index (χ0) is 6.28. The van der Waals surface area contributed by atoms with E-state index in [9.17, 15) is 4.79 Å². The first-order valence-corrected chi connectivity index (χ1v) is 1.81. The SMILES string of the molecule is CC(N)=O.CC=O. The smallest absolute Gasteiger partial charge is 0.214 e. The van der Waals surface area contributed by atoms with Gasteiger partial charge in [-0.25, -0.2) is 0 Å². The van der Waals surface area contributed by atoms with E-state index in [2.05, 4.69) is 5.73 Å². The van der Waals surface area contributed by atoms with Crippen molar-refractivity contribution >= 4 is 12.2 Å². The van der Waals surface area contributed by atoms with E-state index in [1.54, 1.807) is 0 Å². The van der Waals surface area contributed by atoms with Crippen molar-refractivity contribution in [1.82, 2.24) is 0 Å². The maximum absolute atomic E-state index is 9.22. The lowest BCUT2D eigenvalue weighted by molar-refractivity contribution is -0.116. The third kappa shape index (κ3) is 68.5. The zero-order valence-electron chi connectivity index (χ0n) is 4.47. The van der Waals surface area contributed by atoms with Crippen LogP contribution in [0, 0.1) is 0 Å². The molecule has 2 N–H and O–H groups in total. The molecule has 0 saturated heterocycles. The lowest BCUT2D eigenvalue weighted by Gasteiger charge is -1.60. The van der Waals surface area contributed by atoms with Crippen molar-refractivity contribution in [2.24, 2.45) is 5.73 Å². The van der Waals surface area contributed by atoms with E-state index >= 15 is 0 Å². The number of hydrogen-bond acceptors (Lipinski definition) is 2. The van der Waals surface area contributed by atoms with E-state index in [-0.39, 0.29) is 5.91 Å². The number of nitrogens with two attached hydrogens (primary N) is 1. The van der Waals surface area contributed by atoms with E-state index in [0.29, 0.717) is 0 Å². The van der Waals surface area contributed by atoms with Gasteiger partial charge in [0.05, 0.1) is 0 Å². The predicted molar refractivity (Wildman–Crippen MR) is 26.6 cm³/mol. The highest BCUT2D eigenvalue weighted by Crippen LogP contribution is 1.33. The van der Waals surface area contributed by atoms with Crippen LogP contribution in [0.1, 0.15) is 13.8 Å². The maximum Gasteiger partial charge on any atom is 0.214 e. The van der Waals surface area contributed by atoms with Crippen molar-refractivity contribution in [1.29, 1.82) is 0 Å². The van der Waals surface area contributed by atoms with Gasteiger partial charge in [0, 0.05) is 6.92 Å². The van der Waals surface area contributed by atoms with E-state index < -0.39 is 0 Å². The van der Waals surface area contributed by atoms with Gasteiger partial charge in [0.2, 0.25) is 5.91 Å². The van der Waals surface area contributed by atoms with Crippen LogP contribution in [-0.4, -0.2) is 12.2 Å². The van der Waals surface area contributed by atoms with Crippen molar-refractivity contribution in [2.75, 3.05) is 0 Å². The van der Waals surface area contributed by atoms with Gasteiger partial charge in [-0.1, -0.05) is 0 Å². The number of hydrogen-bond donors (Lipinski definition) is 1. The third-order valence-electron chi connectivity index (χ3n) is 0. The second-order valence-electron chi connectivity index (χ2n) is 0.846. The molecule has 0 aliphatic rings. The van der Waals surface area contributed by atoms with Gasteiger partial charge >= 0.3 is 0 Å². The summed E-state index contributed by atoms with van der Waals surface area (Å²) < 4.78 is 0. The summed E-state index contributed by atoms with van der Waals surface area (Å²) in [6, 6.07) is 0. The molecule has 0 aromatic heterocycles. The molecule has 0 bridgehead atoms. The van der Waals surface area contributed by atoms with Crippen LogP contribution in [0.15, 0.2) is 0 Å². The minimum Gasteiger partial charge on any atom is -0.370 e. The Labute approximate surface area is 42.5 Å². The Morgan fingerprint density at radius 3 is 1.71 bits per heavy atom. The summed E-state index contributed by atoms with van der Waals surface area (Å²) in [7, 11) is 0. The normalized spacial score (nSPS) is 5.43. The molecule has 0 aromatic rings. The summed E-state index contributed by atoms with van der Waals surface area (Å²) in [6.07, 6.45) is 0.750. The standard InChI is InChI=1S/C2H5NO.C2H4O/c1-2(3)4;1-2-3/h1H3,(H2,3,4);2H,1H3. The van der Waals surface area contributed by atoms with Crippen molar-refractivity contribution in [3.63, 3.8) is 0 Å². The average molecular weight is 103 g/mol. The second-order valence-corrected chi connectivity index (χ2v) is 0.846. The van der Waals surface area contributed by atoms with E-state index in [4.69, 9.17) is 4.79 Å². The van der Waals surface area contributed by atoms with Crippen molar-refractivity contribution in [3.8, 4) is 0 Å². The Hall–Kier alpha value is -0.860. The van der Waals surface area contributed by atoms with Crippen LogP contribution < -0.4 is 5.73 Å². The van der Waals surface area contributed by atoms with E-state index in [1.165, 1.54) is 13.8 Å². The molecule has 0 spiro atoms. The first kappa shape index (κ1) is 9.46. The number of carbonyl (C=O) groups is 2. The fraction of sp³-hybridized carbons (Fsp3) is 0.500. The van der Waals surface area contributed by atoms with Gasteiger partial charge in [0.15, 0.2) is 0 Å². The quantitative estimate of drug-likeness (QED) is 0.428. The Morgan fingerprint density at radius 2 is 1.71 bits per heavy atom. The third-order valence-corrected chi connectivity index (χ3v) is 0. The second kappa shape index (κ2) is 8.94. The van der Waals surface area contributed by atoms with Gasteiger partial charge in [0.1, 0.15) is 6.29 Å². The number of rotatable bonds is 0. The molecule has 0 saturated carbocycles. The molecule has 3 nitrogen and oxygen atoms in total. The summed E-state index contributed by atoms with van der Waals surface area (Å²) in [5.41, 5.74) is 4.47. The van der Waals surface area contributed by atoms with Crippen LogP contribution in [-0.2, 0) is 9.59 Å². The Morgan fingerprint density at radius 1 is 1.71 bits per heavy atom. The molecule has 0 atom stereocenters. The summed E-state index contributed by atoms with van der Waals surface area (Å²) >= 11 is 0. The molecule has 0 aliphatic heterocycles. The fourth-order valence-electron chi connectivity index (χ4n) is 0. The topological polar surface area (TPSA) is 60.2 Å². The van der Waals surface area contributed by atoms with Gasteiger partial charge in [-0.15, -0.1) is 0 Å². The lowest BCUT2D eigenvalue weighted by Crippen LogP contribution is -2.01. The molecule has 1 amide bonds. The highest BCUT2D eigenvalue weighted by atomic mass is 16.1. The molecule has 42 valence electrons. The Kier molecular flexibility index (Phi) is 12.1. The molecule has 0 aromatic carbocycles. The highest BCUT2D eigenvalue weighted by Gasteiger charge is 1.61. The van der Waals surface area contributed by atoms with Crippen LogP contribution in [0.25, 0.3) is 0 Å². The Bertz CT molecular complexity index is 56.7. The zero-order valence-corrected chi connectivity index (χ0v) is 4.47. The summed E-state index contributed by atoms with van der Waals surface area (Å²) in [6.45, 7) is 2.75. The minimum absolute atomic E-state index is 0.333. The average Bonchev–Trinajstić information content (AvgIpc) is 1.33. The van der Waals surface area contributed by atoms with E-state index in [0.717, 1.165) is 6.29 Å². The van der Waals surface area contributed by atoms with Crippen LogP contribution in [0.5, 0.6) is 0 Å². The molecular weight excluding hydrogens is 94.0 g/mol. The largest absolute Gasteiger partial charge is 0.370 e.